The van der Waals surface area contributed by atoms with Gasteiger partial charge in [-0.15, -0.1) is 6.42 Å². The van der Waals surface area contributed by atoms with Crippen LogP contribution >= 0.6 is 0 Å². The van der Waals surface area contributed by atoms with Crippen molar-refractivity contribution < 1.29 is 9.53 Å². The Labute approximate surface area is 97.5 Å². The van der Waals surface area contributed by atoms with Crippen LogP contribution in [-0.2, 0) is 4.74 Å². The summed E-state index contributed by atoms with van der Waals surface area (Å²) in [5.74, 6) is 2.63. The first kappa shape index (κ1) is 12.9. The number of carbonyl (C=O) groups is 1. The van der Waals surface area contributed by atoms with Crippen LogP contribution in [0.15, 0.2) is 0 Å². The number of nitrogens with zero attached hydrogens (tertiary/aromatic N) is 2. The highest BCUT2D eigenvalue weighted by molar-refractivity contribution is 5.69. The predicted octanol–water partition coefficient (Wildman–Crippen LogP) is 1.17. The molecule has 1 saturated heterocycles. The molecule has 0 radical (unpaired) electrons. The standard InChI is InChI=1S/C12H20N2O2/c1-6-10-9-13(5)7-8-14(10)11(15)16-12(2,3)4/h1,10H,7-9H2,2-5H3. The third-order valence-electron chi connectivity index (χ3n) is 2.40. The molecule has 1 unspecified atom stereocenters. The molecule has 1 fully saturated rings. The van der Waals surface area contributed by atoms with Crippen LogP contribution in [0.2, 0.25) is 0 Å². The summed E-state index contributed by atoms with van der Waals surface area (Å²) in [6.45, 7) is 7.72. The number of carbonyl (C=O) groups excluding carboxylic acids is 1. The summed E-state index contributed by atoms with van der Waals surface area (Å²) in [7, 11) is 2.00. The number of likely N-dealkylation sites (N-methyl/N-ethyl adjacent to an activating group) is 1. The lowest BCUT2D eigenvalue weighted by Gasteiger charge is -2.37. The van der Waals surface area contributed by atoms with Gasteiger partial charge < -0.3 is 9.64 Å². The van der Waals surface area contributed by atoms with Crippen LogP contribution in [0.3, 0.4) is 0 Å². The molecule has 1 aliphatic heterocycles. The molecule has 0 aromatic heterocycles. The van der Waals surface area contributed by atoms with Crippen LogP contribution in [0.1, 0.15) is 20.8 Å². The number of hydrogen-bond acceptors (Lipinski definition) is 3. The van der Waals surface area contributed by atoms with E-state index in [1.54, 1.807) is 4.90 Å². The Hall–Kier alpha value is -1.21. The monoisotopic (exact) mass is 224 g/mol. The van der Waals surface area contributed by atoms with Gasteiger partial charge in [0.1, 0.15) is 11.6 Å². The Balaban J connectivity index is 2.65. The molecular formula is C12H20N2O2. The van der Waals surface area contributed by atoms with Gasteiger partial charge in [0.25, 0.3) is 0 Å². The van der Waals surface area contributed by atoms with E-state index in [4.69, 9.17) is 11.2 Å². The van der Waals surface area contributed by atoms with Crippen molar-refractivity contribution in [3.8, 4) is 12.3 Å². The SMILES string of the molecule is C#CC1CN(C)CCN1C(=O)OC(C)(C)C. The minimum atomic E-state index is -0.473. The lowest BCUT2D eigenvalue weighted by atomic mass is 10.2. The summed E-state index contributed by atoms with van der Waals surface area (Å²) in [6.07, 6.45) is 5.12. The van der Waals surface area contributed by atoms with Gasteiger partial charge in [-0.05, 0) is 27.8 Å². The molecule has 1 rings (SSSR count). The van der Waals surface area contributed by atoms with Gasteiger partial charge in [-0.25, -0.2) is 4.79 Å². The Morgan fingerprint density at radius 1 is 1.44 bits per heavy atom. The van der Waals surface area contributed by atoms with Gasteiger partial charge in [0.05, 0.1) is 0 Å². The largest absolute Gasteiger partial charge is 0.444 e. The zero-order chi connectivity index (χ0) is 12.3. The smallest absolute Gasteiger partial charge is 0.411 e. The number of amides is 1. The first-order chi connectivity index (χ1) is 7.33. The summed E-state index contributed by atoms with van der Waals surface area (Å²) < 4.78 is 5.32. The van der Waals surface area contributed by atoms with Gasteiger partial charge in [0.15, 0.2) is 0 Å². The van der Waals surface area contributed by atoms with Crippen molar-refractivity contribution in [1.29, 1.82) is 0 Å². The number of terminal acetylenes is 1. The number of ether oxygens (including phenoxy) is 1. The average Bonchev–Trinajstić information content (AvgIpc) is 2.14. The lowest BCUT2D eigenvalue weighted by Crippen LogP contribution is -2.54. The molecule has 4 heteroatoms. The van der Waals surface area contributed by atoms with Gasteiger partial charge in [-0.2, -0.15) is 0 Å². The molecule has 0 saturated carbocycles. The van der Waals surface area contributed by atoms with Crippen LogP contribution in [0.5, 0.6) is 0 Å². The molecule has 4 nitrogen and oxygen atoms in total. The van der Waals surface area contributed by atoms with Crippen molar-refractivity contribution in [2.24, 2.45) is 0 Å². The van der Waals surface area contributed by atoms with Crippen LogP contribution in [0.25, 0.3) is 0 Å². The summed E-state index contributed by atoms with van der Waals surface area (Å²) in [4.78, 5) is 15.6. The highest BCUT2D eigenvalue weighted by Gasteiger charge is 2.30. The number of rotatable bonds is 0. The fraction of sp³-hybridized carbons (Fsp3) is 0.750. The van der Waals surface area contributed by atoms with E-state index in [9.17, 15) is 4.79 Å². The van der Waals surface area contributed by atoms with Crippen molar-refractivity contribution >= 4 is 6.09 Å². The van der Waals surface area contributed by atoms with Gasteiger partial charge in [0, 0.05) is 19.6 Å². The Morgan fingerprint density at radius 2 is 2.06 bits per heavy atom. The van der Waals surface area contributed by atoms with Crippen molar-refractivity contribution in [3.05, 3.63) is 0 Å². The van der Waals surface area contributed by atoms with E-state index >= 15 is 0 Å². The third-order valence-corrected chi connectivity index (χ3v) is 2.40. The van der Waals surface area contributed by atoms with Crippen LogP contribution in [0, 0.1) is 12.3 Å². The maximum atomic E-state index is 11.9. The molecule has 0 aromatic carbocycles. The van der Waals surface area contributed by atoms with E-state index in [-0.39, 0.29) is 12.1 Å². The zero-order valence-electron chi connectivity index (χ0n) is 10.5. The molecule has 1 heterocycles. The Morgan fingerprint density at radius 3 is 2.56 bits per heavy atom. The fourth-order valence-electron chi connectivity index (χ4n) is 1.60. The molecule has 0 aromatic rings. The minimum Gasteiger partial charge on any atom is -0.444 e. The van der Waals surface area contributed by atoms with Crippen molar-refractivity contribution in [3.63, 3.8) is 0 Å². The van der Waals surface area contributed by atoms with E-state index < -0.39 is 5.60 Å². The van der Waals surface area contributed by atoms with Gasteiger partial charge in [-0.3, -0.25) is 4.90 Å². The van der Waals surface area contributed by atoms with E-state index in [1.807, 2.05) is 27.8 Å². The van der Waals surface area contributed by atoms with Crippen molar-refractivity contribution in [2.45, 2.75) is 32.4 Å². The molecule has 0 bridgehead atoms. The predicted molar refractivity (Wildman–Crippen MR) is 63.1 cm³/mol. The lowest BCUT2D eigenvalue weighted by molar-refractivity contribution is 0.00913. The van der Waals surface area contributed by atoms with E-state index in [1.165, 1.54) is 0 Å². The van der Waals surface area contributed by atoms with Crippen LogP contribution in [-0.4, -0.2) is 54.2 Å². The van der Waals surface area contributed by atoms with Crippen molar-refractivity contribution in [1.82, 2.24) is 9.80 Å². The fourth-order valence-corrected chi connectivity index (χ4v) is 1.60. The first-order valence-corrected chi connectivity index (χ1v) is 5.48. The first-order valence-electron chi connectivity index (χ1n) is 5.48. The second-order valence-corrected chi connectivity index (χ2v) is 5.12. The summed E-state index contributed by atoms with van der Waals surface area (Å²) in [5.41, 5.74) is -0.473. The minimum absolute atomic E-state index is 0.186. The molecule has 0 N–H and O–H groups in total. The molecule has 16 heavy (non-hydrogen) atoms. The van der Waals surface area contributed by atoms with Crippen LogP contribution < -0.4 is 0 Å². The molecule has 0 aliphatic carbocycles. The molecule has 1 amide bonds. The van der Waals surface area contributed by atoms with Gasteiger partial charge in [0.2, 0.25) is 0 Å². The average molecular weight is 224 g/mol. The second kappa shape index (κ2) is 4.75. The van der Waals surface area contributed by atoms with E-state index in [2.05, 4.69) is 10.8 Å². The van der Waals surface area contributed by atoms with Crippen molar-refractivity contribution in [2.75, 3.05) is 26.7 Å². The second-order valence-electron chi connectivity index (χ2n) is 5.12. The Kier molecular flexibility index (Phi) is 3.82. The van der Waals surface area contributed by atoms with Gasteiger partial charge in [-0.1, -0.05) is 5.92 Å². The molecule has 90 valence electrons. The van der Waals surface area contributed by atoms with E-state index in [0.717, 1.165) is 6.54 Å². The molecule has 1 aliphatic rings. The normalized spacial score (nSPS) is 22.7. The quantitative estimate of drug-likeness (QED) is 0.579. The summed E-state index contributed by atoms with van der Waals surface area (Å²) >= 11 is 0. The topological polar surface area (TPSA) is 32.8 Å². The summed E-state index contributed by atoms with van der Waals surface area (Å²) in [5, 5.41) is 0. The number of piperazine rings is 1. The zero-order valence-corrected chi connectivity index (χ0v) is 10.5. The number of hydrogen-bond donors (Lipinski definition) is 0. The Bertz CT molecular complexity index is 301. The van der Waals surface area contributed by atoms with Gasteiger partial charge >= 0.3 is 6.09 Å². The summed E-state index contributed by atoms with van der Waals surface area (Å²) in [6, 6.07) is -0.186. The molecular weight excluding hydrogens is 204 g/mol. The van der Waals surface area contributed by atoms with E-state index in [0.29, 0.717) is 13.1 Å². The molecule has 1 atom stereocenters. The highest BCUT2D eigenvalue weighted by atomic mass is 16.6. The molecule has 0 spiro atoms. The maximum Gasteiger partial charge on any atom is 0.411 e. The highest BCUT2D eigenvalue weighted by Crippen LogP contribution is 2.14. The van der Waals surface area contributed by atoms with Crippen LogP contribution in [0.4, 0.5) is 4.79 Å². The maximum absolute atomic E-state index is 11.9. The third kappa shape index (κ3) is 3.42.